The summed E-state index contributed by atoms with van der Waals surface area (Å²) in [5.74, 6) is 1.62. The van der Waals surface area contributed by atoms with Crippen molar-refractivity contribution in [1.82, 2.24) is 15.0 Å². The van der Waals surface area contributed by atoms with Crippen molar-refractivity contribution < 1.29 is 0 Å². The molecule has 1 aromatic carbocycles. The van der Waals surface area contributed by atoms with Crippen molar-refractivity contribution in [3.8, 4) is 6.07 Å². The third-order valence-corrected chi connectivity index (χ3v) is 4.41. The lowest BCUT2D eigenvalue weighted by Gasteiger charge is -2.08. The fourth-order valence-electron chi connectivity index (χ4n) is 2.39. The van der Waals surface area contributed by atoms with E-state index in [2.05, 4.69) is 21.0 Å². The number of nitrogens with two attached hydrogens (primary N) is 1. The number of hydrogen-bond acceptors (Lipinski definition) is 6. The van der Waals surface area contributed by atoms with Gasteiger partial charge in [-0.05, 0) is 37.6 Å². The predicted octanol–water partition coefficient (Wildman–Crippen LogP) is 3.39. The van der Waals surface area contributed by atoms with E-state index in [0.29, 0.717) is 28.0 Å². The largest absolute Gasteiger partial charge is 0.383 e. The number of aryl methyl sites for hydroxylation is 2. The first kappa shape index (κ1) is 15.3. The number of thioether (sulfide) groups is 1. The summed E-state index contributed by atoms with van der Waals surface area (Å²) in [4.78, 5) is 13.3. The van der Waals surface area contributed by atoms with Crippen LogP contribution in [0.3, 0.4) is 0 Å². The molecule has 2 heterocycles. The first-order valence-electron chi connectivity index (χ1n) is 7.10. The molecule has 5 nitrogen and oxygen atoms in total. The minimum atomic E-state index is 0.472. The zero-order chi connectivity index (χ0) is 16.4. The molecule has 0 spiro atoms. The van der Waals surface area contributed by atoms with E-state index in [9.17, 15) is 5.26 Å². The normalized spacial score (nSPS) is 10.7. The monoisotopic (exact) mass is 321 g/mol. The summed E-state index contributed by atoms with van der Waals surface area (Å²) >= 11 is 1.46. The molecule has 114 valence electrons. The summed E-state index contributed by atoms with van der Waals surface area (Å²) in [5, 5.41) is 10.9. The highest BCUT2D eigenvalue weighted by Gasteiger charge is 2.11. The molecule has 0 saturated carbocycles. The van der Waals surface area contributed by atoms with Crippen LogP contribution < -0.4 is 5.73 Å². The second-order valence-corrected chi connectivity index (χ2v) is 6.17. The van der Waals surface area contributed by atoms with Crippen molar-refractivity contribution in [3.05, 3.63) is 53.0 Å². The minimum Gasteiger partial charge on any atom is -0.383 e. The molecule has 0 aliphatic rings. The van der Waals surface area contributed by atoms with Crippen molar-refractivity contribution in [2.75, 3.05) is 5.73 Å². The third kappa shape index (κ3) is 3.10. The molecule has 6 heteroatoms. The molecule has 0 bridgehead atoms. The number of fused-ring (bicyclic) bond motifs is 1. The standard InChI is InChI=1S/C17H15N5S/c1-10-7-11(2)20-17(13(10)8-18)23-9-15-21-14-6-4-3-5-12(14)16(19)22-15/h3-7H,9H2,1-2H3,(H2,19,21,22). The summed E-state index contributed by atoms with van der Waals surface area (Å²) in [6.07, 6.45) is 0. The van der Waals surface area contributed by atoms with Gasteiger partial charge in [-0.25, -0.2) is 15.0 Å². The summed E-state index contributed by atoms with van der Waals surface area (Å²) in [7, 11) is 0. The van der Waals surface area contributed by atoms with Gasteiger partial charge in [0.05, 0.1) is 16.8 Å². The number of nitriles is 1. The van der Waals surface area contributed by atoms with Crippen molar-refractivity contribution in [3.63, 3.8) is 0 Å². The molecule has 2 aromatic heterocycles. The average Bonchev–Trinajstić information content (AvgIpc) is 2.52. The average molecular weight is 321 g/mol. The lowest BCUT2D eigenvalue weighted by Crippen LogP contribution is -2.01. The predicted molar refractivity (Wildman–Crippen MR) is 91.9 cm³/mol. The Labute approximate surface area is 138 Å². The Balaban J connectivity index is 1.91. The van der Waals surface area contributed by atoms with Crippen LogP contribution in [0.5, 0.6) is 0 Å². The van der Waals surface area contributed by atoms with Crippen LogP contribution in [0.25, 0.3) is 10.9 Å². The molecule has 0 aliphatic heterocycles. The van der Waals surface area contributed by atoms with Crippen LogP contribution in [-0.4, -0.2) is 15.0 Å². The van der Waals surface area contributed by atoms with Gasteiger partial charge in [0.25, 0.3) is 0 Å². The molecule has 2 N–H and O–H groups in total. The Hall–Kier alpha value is -2.65. The summed E-state index contributed by atoms with van der Waals surface area (Å²) < 4.78 is 0. The zero-order valence-corrected chi connectivity index (χ0v) is 13.7. The van der Waals surface area contributed by atoms with E-state index in [1.807, 2.05) is 44.2 Å². The molecule has 3 aromatic rings. The topological polar surface area (TPSA) is 88.5 Å². The van der Waals surface area contributed by atoms with Gasteiger partial charge in [-0.2, -0.15) is 5.26 Å². The Morgan fingerprint density at radius 3 is 2.74 bits per heavy atom. The van der Waals surface area contributed by atoms with Crippen LogP contribution in [0.2, 0.25) is 0 Å². The zero-order valence-electron chi connectivity index (χ0n) is 12.9. The molecule has 0 aliphatic carbocycles. The van der Waals surface area contributed by atoms with Gasteiger partial charge in [0.1, 0.15) is 22.7 Å². The fraction of sp³-hybridized carbons (Fsp3) is 0.176. The van der Waals surface area contributed by atoms with Crippen LogP contribution >= 0.6 is 11.8 Å². The number of aromatic nitrogens is 3. The van der Waals surface area contributed by atoms with Gasteiger partial charge >= 0.3 is 0 Å². The summed E-state index contributed by atoms with van der Waals surface area (Å²) in [6, 6.07) is 11.8. The number of pyridine rings is 1. The number of anilines is 1. The Bertz CT molecular complexity index is 930. The van der Waals surface area contributed by atoms with E-state index in [1.54, 1.807) is 0 Å². The lowest BCUT2D eigenvalue weighted by molar-refractivity contribution is 1.02. The van der Waals surface area contributed by atoms with E-state index in [4.69, 9.17) is 5.73 Å². The van der Waals surface area contributed by atoms with Crippen molar-refractivity contribution in [1.29, 1.82) is 5.26 Å². The molecular weight excluding hydrogens is 306 g/mol. The smallest absolute Gasteiger partial charge is 0.141 e. The molecule has 0 atom stereocenters. The van der Waals surface area contributed by atoms with Crippen LogP contribution in [0.1, 0.15) is 22.6 Å². The van der Waals surface area contributed by atoms with E-state index < -0.39 is 0 Å². The Morgan fingerprint density at radius 1 is 1.17 bits per heavy atom. The number of para-hydroxylation sites is 1. The molecule has 0 saturated heterocycles. The van der Waals surface area contributed by atoms with E-state index in [1.165, 1.54) is 11.8 Å². The maximum Gasteiger partial charge on any atom is 0.141 e. The van der Waals surface area contributed by atoms with Gasteiger partial charge in [0.2, 0.25) is 0 Å². The highest BCUT2D eigenvalue weighted by Crippen LogP contribution is 2.27. The highest BCUT2D eigenvalue weighted by molar-refractivity contribution is 7.98. The minimum absolute atomic E-state index is 0.472. The first-order valence-corrected chi connectivity index (χ1v) is 8.09. The third-order valence-electron chi connectivity index (χ3n) is 3.44. The van der Waals surface area contributed by atoms with Gasteiger partial charge < -0.3 is 5.73 Å². The molecule has 23 heavy (non-hydrogen) atoms. The number of nitrogens with zero attached hydrogens (tertiary/aromatic N) is 4. The van der Waals surface area contributed by atoms with Gasteiger partial charge in [0, 0.05) is 11.1 Å². The van der Waals surface area contributed by atoms with E-state index in [-0.39, 0.29) is 0 Å². The quantitative estimate of drug-likeness (QED) is 0.744. The van der Waals surface area contributed by atoms with Crippen molar-refractivity contribution in [2.24, 2.45) is 0 Å². The second-order valence-electron chi connectivity index (χ2n) is 5.20. The van der Waals surface area contributed by atoms with Gasteiger partial charge in [-0.3, -0.25) is 0 Å². The number of hydrogen-bond donors (Lipinski definition) is 1. The van der Waals surface area contributed by atoms with Gasteiger partial charge in [0.15, 0.2) is 0 Å². The van der Waals surface area contributed by atoms with Gasteiger partial charge in [-0.1, -0.05) is 23.9 Å². The van der Waals surface area contributed by atoms with Crippen molar-refractivity contribution in [2.45, 2.75) is 24.6 Å². The number of benzene rings is 1. The number of rotatable bonds is 3. The maximum atomic E-state index is 9.32. The molecule has 3 rings (SSSR count). The fourth-order valence-corrected chi connectivity index (χ4v) is 3.35. The SMILES string of the molecule is Cc1cc(C)c(C#N)c(SCc2nc(N)c3ccccc3n2)n1. The molecule has 0 radical (unpaired) electrons. The van der Waals surface area contributed by atoms with Crippen molar-refractivity contribution >= 4 is 28.5 Å². The molecule has 0 amide bonds. The molecule has 0 unspecified atom stereocenters. The second kappa shape index (κ2) is 6.23. The highest BCUT2D eigenvalue weighted by atomic mass is 32.2. The van der Waals surface area contributed by atoms with E-state index >= 15 is 0 Å². The first-order chi connectivity index (χ1) is 11.1. The lowest BCUT2D eigenvalue weighted by atomic mass is 10.1. The summed E-state index contributed by atoms with van der Waals surface area (Å²) in [6.45, 7) is 3.84. The number of nitrogen functional groups attached to an aromatic ring is 1. The van der Waals surface area contributed by atoms with Crippen LogP contribution in [0, 0.1) is 25.2 Å². The Kier molecular flexibility index (Phi) is 4.13. The Morgan fingerprint density at radius 2 is 1.96 bits per heavy atom. The van der Waals surface area contributed by atoms with Crippen LogP contribution in [-0.2, 0) is 5.75 Å². The maximum absolute atomic E-state index is 9.32. The summed E-state index contributed by atoms with van der Waals surface area (Å²) in [5.41, 5.74) is 9.25. The van der Waals surface area contributed by atoms with E-state index in [0.717, 1.165) is 22.2 Å². The van der Waals surface area contributed by atoms with Crippen LogP contribution in [0.4, 0.5) is 5.82 Å². The van der Waals surface area contributed by atoms with Gasteiger partial charge in [-0.15, -0.1) is 0 Å². The molecular formula is C17H15N5S. The molecule has 0 fully saturated rings. The van der Waals surface area contributed by atoms with Crippen LogP contribution in [0.15, 0.2) is 35.4 Å².